The normalized spacial score (nSPS) is 18.1. The molecule has 3 heterocycles. The van der Waals surface area contributed by atoms with Gasteiger partial charge in [-0.1, -0.05) is 19.0 Å². The zero-order valence-corrected chi connectivity index (χ0v) is 15.1. The fourth-order valence-corrected chi connectivity index (χ4v) is 3.60. The van der Waals surface area contributed by atoms with E-state index in [1.54, 1.807) is 12.1 Å². The molecule has 5 nitrogen and oxygen atoms in total. The Balaban J connectivity index is 1.55. The van der Waals surface area contributed by atoms with Crippen molar-refractivity contribution in [3.05, 3.63) is 59.4 Å². The molecule has 2 aromatic heterocycles. The van der Waals surface area contributed by atoms with Gasteiger partial charge in [-0.15, -0.1) is 0 Å². The molecule has 1 N–H and O–H groups in total. The van der Waals surface area contributed by atoms with Crippen LogP contribution >= 0.6 is 0 Å². The van der Waals surface area contributed by atoms with Crippen molar-refractivity contribution >= 4 is 0 Å². The number of nitrogens with zero attached hydrogens (tertiary/aromatic N) is 3. The standard InChI is InChI=1S/C20H23FN4O/c1-13(2)19-10-17(24-26-19)18-4-3-9-25(18)12-15-11-22-23-20(15)14-5-7-16(21)8-6-14/h5-8,10-11,13,18H,3-4,9,12H2,1-2H3,(H,22,23)/t18-/m1/s1. The van der Waals surface area contributed by atoms with Crippen molar-refractivity contribution in [2.45, 2.75) is 45.2 Å². The van der Waals surface area contributed by atoms with E-state index in [0.29, 0.717) is 5.92 Å². The highest BCUT2D eigenvalue weighted by molar-refractivity contribution is 5.62. The number of likely N-dealkylation sites (tertiary alicyclic amines) is 1. The zero-order chi connectivity index (χ0) is 18.1. The van der Waals surface area contributed by atoms with Gasteiger partial charge in [0.05, 0.1) is 17.9 Å². The molecule has 0 bridgehead atoms. The third-order valence-corrected chi connectivity index (χ3v) is 5.04. The predicted octanol–water partition coefficient (Wildman–Crippen LogP) is 4.66. The summed E-state index contributed by atoms with van der Waals surface area (Å²) in [6, 6.07) is 8.86. The molecule has 4 rings (SSSR count). The van der Waals surface area contributed by atoms with E-state index in [4.69, 9.17) is 4.52 Å². The SMILES string of the molecule is CC(C)c1cc([C@H]2CCCN2Cc2cn[nH]c2-c2ccc(F)cc2)no1. The predicted molar refractivity (Wildman–Crippen MR) is 97.0 cm³/mol. The molecule has 3 aromatic rings. The summed E-state index contributed by atoms with van der Waals surface area (Å²) in [5, 5.41) is 11.6. The lowest BCUT2D eigenvalue weighted by Gasteiger charge is -2.22. The lowest BCUT2D eigenvalue weighted by molar-refractivity contribution is 0.236. The van der Waals surface area contributed by atoms with Crippen LogP contribution in [0.15, 0.2) is 41.1 Å². The van der Waals surface area contributed by atoms with Gasteiger partial charge in [0.1, 0.15) is 17.3 Å². The molecule has 1 saturated heterocycles. The first kappa shape index (κ1) is 17.0. The summed E-state index contributed by atoms with van der Waals surface area (Å²) in [6.07, 6.45) is 4.07. The Morgan fingerprint density at radius 1 is 1.31 bits per heavy atom. The van der Waals surface area contributed by atoms with E-state index in [0.717, 1.165) is 54.2 Å². The number of rotatable bonds is 5. The van der Waals surface area contributed by atoms with Crippen LogP contribution in [0, 0.1) is 5.82 Å². The summed E-state index contributed by atoms with van der Waals surface area (Å²) in [6.45, 7) is 6.01. The van der Waals surface area contributed by atoms with E-state index in [1.807, 2.05) is 6.20 Å². The van der Waals surface area contributed by atoms with Gasteiger partial charge in [-0.3, -0.25) is 10.00 Å². The molecule has 0 aliphatic carbocycles. The molecule has 1 fully saturated rings. The van der Waals surface area contributed by atoms with Crippen molar-refractivity contribution in [2.24, 2.45) is 0 Å². The van der Waals surface area contributed by atoms with Crippen LogP contribution in [0.5, 0.6) is 0 Å². The number of hydrogen-bond acceptors (Lipinski definition) is 4. The Morgan fingerprint density at radius 2 is 2.12 bits per heavy atom. The number of aromatic nitrogens is 3. The van der Waals surface area contributed by atoms with Crippen LogP contribution in [-0.4, -0.2) is 26.8 Å². The van der Waals surface area contributed by atoms with E-state index in [-0.39, 0.29) is 11.9 Å². The smallest absolute Gasteiger partial charge is 0.139 e. The van der Waals surface area contributed by atoms with Crippen LogP contribution in [0.3, 0.4) is 0 Å². The summed E-state index contributed by atoms with van der Waals surface area (Å²) in [5.41, 5.74) is 4.01. The minimum atomic E-state index is -0.235. The molecule has 1 aliphatic rings. The van der Waals surface area contributed by atoms with Crippen molar-refractivity contribution in [3.8, 4) is 11.3 Å². The van der Waals surface area contributed by atoms with Gasteiger partial charge in [0.2, 0.25) is 0 Å². The van der Waals surface area contributed by atoms with Crippen LogP contribution < -0.4 is 0 Å². The van der Waals surface area contributed by atoms with Crippen molar-refractivity contribution in [1.29, 1.82) is 0 Å². The van der Waals surface area contributed by atoms with Gasteiger partial charge < -0.3 is 4.52 Å². The van der Waals surface area contributed by atoms with Gasteiger partial charge in [0, 0.05) is 29.7 Å². The third kappa shape index (κ3) is 3.29. The summed E-state index contributed by atoms with van der Waals surface area (Å²) in [4.78, 5) is 2.42. The number of H-pyrrole nitrogens is 1. The van der Waals surface area contributed by atoms with Gasteiger partial charge in [-0.05, 0) is 43.7 Å². The van der Waals surface area contributed by atoms with Gasteiger partial charge in [0.25, 0.3) is 0 Å². The fraction of sp³-hybridized carbons (Fsp3) is 0.400. The number of aromatic amines is 1. The summed E-state index contributed by atoms with van der Waals surface area (Å²) >= 11 is 0. The zero-order valence-electron chi connectivity index (χ0n) is 15.1. The van der Waals surface area contributed by atoms with E-state index >= 15 is 0 Å². The van der Waals surface area contributed by atoms with Crippen LogP contribution in [-0.2, 0) is 6.54 Å². The van der Waals surface area contributed by atoms with Gasteiger partial charge >= 0.3 is 0 Å². The van der Waals surface area contributed by atoms with Gasteiger partial charge in [-0.2, -0.15) is 5.10 Å². The van der Waals surface area contributed by atoms with Crippen LogP contribution in [0.25, 0.3) is 11.3 Å². The summed E-state index contributed by atoms with van der Waals surface area (Å²) in [5.74, 6) is 1.04. The summed E-state index contributed by atoms with van der Waals surface area (Å²) < 4.78 is 18.7. The number of hydrogen-bond donors (Lipinski definition) is 1. The lowest BCUT2D eigenvalue weighted by atomic mass is 10.1. The Bertz CT molecular complexity index is 868. The second-order valence-electron chi connectivity index (χ2n) is 7.21. The average molecular weight is 354 g/mol. The Kier molecular flexibility index (Phi) is 4.59. The second-order valence-corrected chi connectivity index (χ2v) is 7.21. The van der Waals surface area contributed by atoms with Crippen molar-refractivity contribution in [2.75, 3.05) is 6.54 Å². The molecule has 1 atom stereocenters. The first-order valence-electron chi connectivity index (χ1n) is 9.10. The highest BCUT2D eigenvalue weighted by Crippen LogP contribution is 2.35. The molecule has 136 valence electrons. The number of halogens is 1. The first-order chi connectivity index (χ1) is 12.6. The van der Waals surface area contributed by atoms with E-state index in [2.05, 4.69) is 40.2 Å². The van der Waals surface area contributed by atoms with Crippen molar-refractivity contribution < 1.29 is 8.91 Å². The minimum Gasteiger partial charge on any atom is -0.361 e. The van der Waals surface area contributed by atoms with Gasteiger partial charge in [0.15, 0.2) is 0 Å². The Morgan fingerprint density at radius 3 is 2.85 bits per heavy atom. The van der Waals surface area contributed by atoms with E-state index in [9.17, 15) is 4.39 Å². The van der Waals surface area contributed by atoms with E-state index < -0.39 is 0 Å². The molecular weight excluding hydrogens is 331 g/mol. The van der Waals surface area contributed by atoms with E-state index in [1.165, 1.54) is 12.1 Å². The Labute approximate surface area is 152 Å². The quantitative estimate of drug-likeness (QED) is 0.724. The van der Waals surface area contributed by atoms with Crippen molar-refractivity contribution in [3.63, 3.8) is 0 Å². The van der Waals surface area contributed by atoms with Crippen LogP contribution in [0.4, 0.5) is 4.39 Å². The second kappa shape index (κ2) is 7.03. The number of benzene rings is 1. The molecule has 0 radical (unpaired) electrons. The first-order valence-corrected chi connectivity index (χ1v) is 9.10. The molecule has 26 heavy (non-hydrogen) atoms. The largest absolute Gasteiger partial charge is 0.361 e. The maximum Gasteiger partial charge on any atom is 0.139 e. The van der Waals surface area contributed by atoms with Gasteiger partial charge in [-0.25, -0.2) is 4.39 Å². The highest BCUT2D eigenvalue weighted by Gasteiger charge is 2.29. The molecule has 0 spiro atoms. The molecule has 0 amide bonds. The Hall–Kier alpha value is -2.47. The minimum absolute atomic E-state index is 0.235. The highest BCUT2D eigenvalue weighted by atomic mass is 19.1. The topological polar surface area (TPSA) is 58.0 Å². The molecule has 1 aromatic carbocycles. The molecule has 0 saturated carbocycles. The lowest BCUT2D eigenvalue weighted by Crippen LogP contribution is -2.23. The molecule has 0 unspecified atom stereocenters. The molecule has 6 heteroatoms. The maximum absolute atomic E-state index is 13.2. The fourth-order valence-electron chi connectivity index (χ4n) is 3.60. The van der Waals surface area contributed by atoms with Crippen molar-refractivity contribution in [1.82, 2.24) is 20.3 Å². The average Bonchev–Trinajstić information content (AvgIpc) is 3.35. The van der Waals surface area contributed by atoms with Crippen LogP contribution in [0.1, 0.15) is 55.7 Å². The third-order valence-electron chi connectivity index (χ3n) is 5.04. The van der Waals surface area contributed by atoms with Crippen LogP contribution in [0.2, 0.25) is 0 Å². The molecule has 1 aliphatic heterocycles. The molecular formula is C20H23FN4O. The summed E-state index contributed by atoms with van der Waals surface area (Å²) in [7, 11) is 0. The number of nitrogens with one attached hydrogen (secondary N) is 1. The monoisotopic (exact) mass is 354 g/mol. The maximum atomic E-state index is 13.2.